The molecule has 0 atom stereocenters. The molecule has 82 valence electrons. The number of hydrogen-bond acceptors (Lipinski definition) is 3. The molecule has 1 heterocycles. The molecule has 0 fully saturated rings. The molecule has 2 rings (SSSR count). The lowest BCUT2D eigenvalue weighted by Gasteiger charge is -1.99. The van der Waals surface area contributed by atoms with Crippen molar-refractivity contribution in [3.8, 4) is 11.3 Å². The van der Waals surface area contributed by atoms with Gasteiger partial charge in [-0.15, -0.1) is 0 Å². The Morgan fingerprint density at radius 1 is 1.31 bits per heavy atom. The first-order chi connectivity index (χ1) is 7.58. The van der Waals surface area contributed by atoms with Crippen molar-refractivity contribution in [3.05, 3.63) is 40.1 Å². The topological polar surface area (TPSA) is 43.1 Å². The normalized spacial score (nSPS) is 10.4. The number of Topliss-reactive ketones (excluding diaryl/α,β-unsaturated/α-hetero) is 1. The first-order valence-corrected chi connectivity index (χ1v) is 5.26. The highest BCUT2D eigenvalue weighted by atomic mass is 35.5. The van der Waals surface area contributed by atoms with E-state index >= 15 is 0 Å². The van der Waals surface area contributed by atoms with Gasteiger partial charge in [-0.2, -0.15) is 0 Å². The average molecular weight is 256 g/mol. The second-order valence-electron chi connectivity index (χ2n) is 3.26. The Kier molecular flexibility index (Phi) is 2.99. The predicted molar refractivity (Wildman–Crippen MR) is 62.0 cm³/mol. The molecule has 0 amide bonds. The van der Waals surface area contributed by atoms with Gasteiger partial charge < -0.3 is 4.52 Å². The predicted octanol–water partition coefficient (Wildman–Crippen LogP) is 3.85. The van der Waals surface area contributed by atoms with Gasteiger partial charge in [-0.1, -0.05) is 28.4 Å². The van der Waals surface area contributed by atoms with Crippen LogP contribution in [-0.2, 0) is 0 Å². The summed E-state index contributed by atoms with van der Waals surface area (Å²) in [7, 11) is 0. The van der Waals surface area contributed by atoms with Gasteiger partial charge in [0.2, 0.25) is 5.76 Å². The number of rotatable bonds is 2. The Morgan fingerprint density at radius 2 is 2.06 bits per heavy atom. The molecule has 0 radical (unpaired) electrons. The largest absolute Gasteiger partial charge is 0.353 e. The number of carbonyl (C=O) groups excluding carboxylic acids is 1. The maximum absolute atomic E-state index is 11.0. The summed E-state index contributed by atoms with van der Waals surface area (Å²) in [5, 5.41) is 4.79. The molecule has 0 saturated heterocycles. The Hall–Kier alpha value is -1.32. The van der Waals surface area contributed by atoms with Crippen molar-refractivity contribution in [1.82, 2.24) is 5.16 Å². The van der Waals surface area contributed by atoms with Crippen LogP contribution in [0.5, 0.6) is 0 Å². The van der Waals surface area contributed by atoms with Gasteiger partial charge >= 0.3 is 0 Å². The van der Waals surface area contributed by atoms with E-state index < -0.39 is 0 Å². The fourth-order valence-electron chi connectivity index (χ4n) is 1.27. The number of benzene rings is 1. The fraction of sp³-hybridized carbons (Fsp3) is 0.0909. The standard InChI is InChI=1S/C11H7Cl2NO2/c1-6(15)11-5-10(14-16-11)8-3-2-7(12)4-9(8)13/h2-5H,1H3. The molecule has 1 aromatic heterocycles. The summed E-state index contributed by atoms with van der Waals surface area (Å²) in [5.41, 5.74) is 1.20. The molecular weight excluding hydrogens is 249 g/mol. The third-order valence-electron chi connectivity index (χ3n) is 2.06. The van der Waals surface area contributed by atoms with E-state index in [1.807, 2.05) is 0 Å². The zero-order chi connectivity index (χ0) is 11.7. The Balaban J connectivity index is 2.46. The van der Waals surface area contributed by atoms with Crippen molar-refractivity contribution < 1.29 is 9.32 Å². The van der Waals surface area contributed by atoms with Crippen LogP contribution in [0.1, 0.15) is 17.5 Å². The summed E-state index contributed by atoms with van der Waals surface area (Å²) >= 11 is 11.8. The number of aromatic nitrogens is 1. The lowest BCUT2D eigenvalue weighted by molar-refractivity contribution is 0.0978. The van der Waals surface area contributed by atoms with Gasteiger partial charge in [0, 0.05) is 23.6 Å². The molecule has 0 N–H and O–H groups in total. The number of nitrogens with zero attached hydrogens (tertiary/aromatic N) is 1. The van der Waals surface area contributed by atoms with Gasteiger partial charge in [0.05, 0.1) is 5.02 Å². The van der Waals surface area contributed by atoms with Crippen molar-refractivity contribution in [2.45, 2.75) is 6.92 Å². The summed E-state index contributed by atoms with van der Waals surface area (Å²) in [4.78, 5) is 11.0. The molecule has 16 heavy (non-hydrogen) atoms. The third-order valence-corrected chi connectivity index (χ3v) is 2.61. The maximum atomic E-state index is 11.0. The zero-order valence-corrected chi connectivity index (χ0v) is 9.84. The van der Waals surface area contributed by atoms with Gasteiger partial charge in [0.15, 0.2) is 5.78 Å². The van der Waals surface area contributed by atoms with Gasteiger partial charge in [-0.3, -0.25) is 4.79 Å². The molecular formula is C11H7Cl2NO2. The van der Waals surface area contributed by atoms with E-state index in [0.717, 1.165) is 0 Å². The van der Waals surface area contributed by atoms with Crippen LogP contribution in [-0.4, -0.2) is 10.9 Å². The van der Waals surface area contributed by atoms with E-state index in [4.69, 9.17) is 27.7 Å². The van der Waals surface area contributed by atoms with Gasteiger partial charge in [-0.05, 0) is 18.2 Å². The fourth-order valence-corrected chi connectivity index (χ4v) is 1.77. The molecule has 1 aromatic carbocycles. The first-order valence-electron chi connectivity index (χ1n) is 4.51. The Morgan fingerprint density at radius 3 is 2.62 bits per heavy atom. The first kappa shape index (κ1) is 11.2. The smallest absolute Gasteiger partial charge is 0.202 e. The van der Waals surface area contributed by atoms with E-state index in [2.05, 4.69) is 5.16 Å². The minimum atomic E-state index is -0.177. The van der Waals surface area contributed by atoms with Crippen molar-refractivity contribution >= 4 is 29.0 Å². The third kappa shape index (κ3) is 2.10. The highest BCUT2D eigenvalue weighted by molar-refractivity contribution is 6.36. The molecule has 0 aliphatic carbocycles. The number of hydrogen-bond donors (Lipinski definition) is 0. The lowest BCUT2D eigenvalue weighted by atomic mass is 10.1. The van der Waals surface area contributed by atoms with Crippen LogP contribution in [0.25, 0.3) is 11.3 Å². The summed E-state index contributed by atoms with van der Waals surface area (Å²) < 4.78 is 4.87. The zero-order valence-electron chi connectivity index (χ0n) is 8.33. The highest BCUT2D eigenvalue weighted by Gasteiger charge is 2.12. The number of halogens is 2. The van der Waals surface area contributed by atoms with E-state index in [0.29, 0.717) is 21.3 Å². The van der Waals surface area contributed by atoms with Crippen LogP contribution in [0.15, 0.2) is 28.8 Å². The van der Waals surface area contributed by atoms with E-state index in [1.165, 1.54) is 6.92 Å². The van der Waals surface area contributed by atoms with E-state index in [9.17, 15) is 4.79 Å². The second-order valence-corrected chi connectivity index (χ2v) is 4.10. The quantitative estimate of drug-likeness (QED) is 0.766. The average Bonchev–Trinajstić information content (AvgIpc) is 2.66. The lowest BCUT2D eigenvalue weighted by Crippen LogP contribution is -1.86. The number of carbonyl (C=O) groups is 1. The molecule has 5 heteroatoms. The molecule has 0 saturated carbocycles. The molecule has 3 nitrogen and oxygen atoms in total. The molecule has 0 unspecified atom stereocenters. The van der Waals surface area contributed by atoms with Crippen molar-refractivity contribution in [1.29, 1.82) is 0 Å². The summed E-state index contributed by atoms with van der Waals surface area (Å²) in [6.07, 6.45) is 0. The Labute approximate surface area is 102 Å². The van der Waals surface area contributed by atoms with E-state index in [-0.39, 0.29) is 11.5 Å². The van der Waals surface area contributed by atoms with Gasteiger partial charge in [0.25, 0.3) is 0 Å². The molecule has 0 aliphatic heterocycles. The van der Waals surface area contributed by atoms with Crippen molar-refractivity contribution in [2.24, 2.45) is 0 Å². The summed E-state index contributed by atoms with van der Waals surface area (Å²) in [6.45, 7) is 1.41. The van der Waals surface area contributed by atoms with Crippen molar-refractivity contribution in [2.75, 3.05) is 0 Å². The highest BCUT2D eigenvalue weighted by Crippen LogP contribution is 2.29. The molecule has 0 aliphatic rings. The monoisotopic (exact) mass is 255 g/mol. The summed E-state index contributed by atoms with van der Waals surface area (Å²) in [6, 6.07) is 6.59. The minimum Gasteiger partial charge on any atom is -0.353 e. The number of ketones is 1. The van der Waals surface area contributed by atoms with Crippen LogP contribution in [0.3, 0.4) is 0 Å². The van der Waals surface area contributed by atoms with Gasteiger partial charge in [0.1, 0.15) is 5.69 Å². The minimum absolute atomic E-state index is 0.177. The van der Waals surface area contributed by atoms with Crippen LogP contribution in [0.2, 0.25) is 10.0 Å². The molecule has 0 bridgehead atoms. The second kappa shape index (κ2) is 4.28. The SMILES string of the molecule is CC(=O)c1cc(-c2ccc(Cl)cc2Cl)no1. The van der Waals surface area contributed by atoms with Crippen LogP contribution in [0.4, 0.5) is 0 Å². The van der Waals surface area contributed by atoms with Crippen molar-refractivity contribution in [3.63, 3.8) is 0 Å². The molecule has 2 aromatic rings. The van der Waals surface area contributed by atoms with Crippen LogP contribution >= 0.6 is 23.2 Å². The summed E-state index contributed by atoms with van der Waals surface area (Å²) in [5.74, 6) is 0.0323. The van der Waals surface area contributed by atoms with Crippen LogP contribution < -0.4 is 0 Å². The maximum Gasteiger partial charge on any atom is 0.202 e. The van der Waals surface area contributed by atoms with E-state index in [1.54, 1.807) is 24.3 Å². The Bertz CT molecular complexity index is 549. The molecule has 0 spiro atoms. The van der Waals surface area contributed by atoms with Crippen LogP contribution in [0, 0.1) is 0 Å². The van der Waals surface area contributed by atoms with Gasteiger partial charge in [-0.25, -0.2) is 0 Å².